The molecule has 21 rings (SSSR count). The van der Waals surface area contributed by atoms with Gasteiger partial charge in [-0.05, 0) is 407 Å². The zero-order valence-corrected chi connectivity index (χ0v) is 99.6. The van der Waals surface area contributed by atoms with E-state index in [1.807, 2.05) is 0 Å². The van der Waals surface area contributed by atoms with Crippen molar-refractivity contribution in [3.63, 3.8) is 0 Å². The molecule has 150 heavy (non-hydrogen) atoms. The lowest BCUT2D eigenvalue weighted by atomic mass is 9.80. The van der Waals surface area contributed by atoms with Crippen LogP contribution in [-0.2, 0) is 37.9 Å². The SMILES string of the molecule is Cc1cc(C)c2c(C(C)(C)C)c3ccc(C)c(C)c3nc2c1.Cc1ccc2c(C(C)(C)C)c3c(C)c(C)ccc3nc2c1C.Cc1ccc2c(C(C)(C)C)c3c(C)ccc(C)c3nc2c1C.Cc1ccc2c(C(C)(C)C)c3c(C)cccc3nc2c1C.Cc1ccc2c(C(C)(C)C)c3ccc(C)c(C)c3nc2c1.Cc1ccc2c(C(C)(C)C)c3cccc(C)c3nc2c1C.Cc1ccc2nc3c(C)c(C)ccc3c(C(C)(C)C)c2c1. The van der Waals surface area contributed by atoms with E-state index in [0.29, 0.717) is 0 Å². The van der Waals surface area contributed by atoms with Crippen LogP contribution >= 0.6 is 0 Å². The summed E-state index contributed by atoms with van der Waals surface area (Å²) in [6.45, 7) is 100. The number of aryl methyl sites for hydroxylation is 24. The minimum absolute atomic E-state index is 0.0830. The minimum Gasteiger partial charge on any atom is -0.247 e. The summed E-state index contributed by atoms with van der Waals surface area (Å²) in [5.74, 6) is 0. The molecule has 0 saturated heterocycles. The fourth-order valence-electron chi connectivity index (χ4n) is 23.2. The molecule has 7 heteroatoms. The molecular weight excluding hydrogens is 1820 g/mol. The Kier molecular flexibility index (Phi) is 30.4. The van der Waals surface area contributed by atoms with Crippen molar-refractivity contribution in [3.8, 4) is 0 Å². The van der Waals surface area contributed by atoms with Gasteiger partial charge in [0.05, 0.1) is 77.2 Å². The lowest BCUT2D eigenvalue weighted by molar-refractivity contribution is 0.600. The summed E-state index contributed by atoms with van der Waals surface area (Å²) >= 11 is 0. The van der Waals surface area contributed by atoms with Crippen LogP contribution in [-0.4, -0.2) is 34.9 Å². The van der Waals surface area contributed by atoms with Crippen LogP contribution in [0.25, 0.3) is 153 Å². The Hall–Kier alpha value is -13.2. The van der Waals surface area contributed by atoms with Crippen LogP contribution in [0.3, 0.4) is 0 Å². The van der Waals surface area contributed by atoms with Crippen molar-refractivity contribution >= 4 is 153 Å². The number of hydrogen-bond acceptors (Lipinski definition) is 7. The second-order valence-corrected chi connectivity index (χ2v) is 51.3. The molecule has 0 unspecified atom stereocenters. The highest BCUT2D eigenvalue weighted by atomic mass is 14.7. The van der Waals surface area contributed by atoms with Crippen LogP contribution in [0, 0.1) is 166 Å². The first-order valence-corrected chi connectivity index (χ1v) is 54.4. The van der Waals surface area contributed by atoms with Gasteiger partial charge in [-0.25, -0.2) is 34.9 Å². The third kappa shape index (κ3) is 21.4. The molecule has 0 N–H and O–H groups in total. The van der Waals surface area contributed by atoms with Gasteiger partial charge < -0.3 is 0 Å². The van der Waals surface area contributed by atoms with Gasteiger partial charge >= 0.3 is 0 Å². The highest BCUT2D eigenvalue weighted by Gasteiger charge is 2.32. The summed E-state index contributed by atoms with van der Waals surface area (Å²) < 4.78 is 0. The first kappa shape index (κ1) is 111. The molecular formula is C143H167N7. The van der Waals surface area contributed by atoms with Crippen molar-refractivity contribution < 1.29 is 0 Å². The summed E-state index contributed by atoms with van der Waals surface area (Å²) in [4.78, 5) is 35.0. The number of hydrogen-bond donors (Lipinski definition) is 0. The Labute approximate surface area is 897 Å². The topological polar surface area (TPSA) is 90.2 Å². The molecule has 0 aliphatic carbocycles. The zero-order valence-electron chi connectivity index (χ0n) is 99.6. The van der Waals surface area contributed by atoms with Gasteiger partial charge in [0, 0.05) is 75.4 Å². The predicted octanol–water partition coefficient (Wildman–Crippen LogP) is 40.2. The van der Waals surface area contributed by atoms with E-state index in [2.05, 4.69) is 506 Å². The first-order valence-electron chi connectivity index (χ1n) is 54.4. The fourth-order valence-corrected chi connectivity index (χ4v) is 23.2. The second-order valence-electron chi connectivity index (χ2n) is 51.3. The summed E-state index contributed by atoms with van der Waals surface area (Å²) in [5.41, 5.74) is 57.7. The maximum absolute atomic E-state index is 5.07. The number of fused-ring (bicyclic) bond motifs is 14. The molecule has 14 aromatic carbocycles. The van der Waals surface area contributed by atoms with Crippen molar-refractivity contribution in [1.82, 2.24) is 34.9 Å². The van der Waals surface area contributed by atoms with E-state index in [4.69, 9.17) is 34.9 Å². The van der Waals surface area contributed by atoms with E-state index in [-0.39, 0.29) is 37.9 Å². The van der Waals surface area contributed by atoms with Gasteiger partial charge in [-0.1, -0.05) is 309 Å². The molecule has 7 aromatic heterocycles. The van der Waals surface area contributed by atoms with Gasteiger partial charge in [0.25, 0.3) is 0 Å². The van der Waals surface area contributed by atoms with Gasteiger partial charge in [0.2, 0.25) is 0 Å². The first-order chi connectivity index (χ1) is 69.8. The Morgan fingerprint density at radius 3 is 0.793 bits per heavy atom. The molecule has 0 spiro atoms. The van der Waals surface area contributed by atoms with Crippen LogP contribution in [0.5, 0.6) is 0 Å². The Morgan fingerprint density at radius 2 is 0.380 bits per heavy atom. The Bertz CT molecular complexity index is 8940. The number of para-hydroxylation sites is 1. The van der Waals surface area contributed by atoms with E-state index in [1.54, 1.807) is 0 Å². The highest BCUT2D eigenvalue weighted by Crippen LogP contribution is 2.48. The molecule has 7 nitrogen and oxygen atoms in total. The standard InChI is InChI=1S/3C21H25N.4C20H23N/c1-12-9-11-17-18(14(12)3)19(21(5,6)7)16-10-8-13(2)15(4)20(16)22-17;1-12-10-14(3)18-17(11-12)22-20-15(4)13(2)8-9-16(20)19(18)21(5,6)7;1-12-10-11-16-18(21(5,6)7)17-13(2)8-9-14(3)19(17)22-20(16)15(12)4;1-12-7-10-17-16(11-12)18(20(4,5)6)15-9-8-13(2)14(3)19(15)21-17;1-12-7-9-15-17(11-12)21-19-14(3)13(2)8-10-16(19)18(15)20(4,5)6;1-12-10-11-15-18(20(4,5)6)17-13(2)8-7-9-16(17)21-19(15)14(12)3;1-12-10-11-16-17(20(4,5)6)15-9-7-8-13(2)18(15)21-19(16)14(12)3/h3*8-11H,1-7H3;4*7-11H,1-6H3. The maximum Gasteiger partial charge on any atom is 0.0744 e. The molecule has 0 aliphatic heterocycles. The highest BCUT2D eigenvalue weighted by molar-refractivity contribution is 6.09. The maximum atomic E-state index is 5.07. The van der Waals surface area contributed by atoms with Crippen LogP contribution in [0.1, 0.15) is 318 Å². The minimum atomic E-state index is 0.0830. The molecule has 0 bridgehead atoms. The molecule has 0 fully saturated rings. The van der Waals surface area contributed by atoms with Crippen molar-refractivity contribution in [2.45, 2.75) is 349 Å². The van der Waals surface area contributed by atoms with Crippen molar-refractivity contribution in [2.75, 3.05) is 0 Å². The number of aromatic nitrogens is 7. The average molecular weight is 1980 g/mol. The predicted molar refractivity (Wildman–Crippen MR) is 659 cm³/mol. The molecule has 0 saturated carbocycles. The van der Waals surface area contributed by atoms with Gasteiger partial charge in [-0.15, -0.1) is 0 Å². The van der Waals surface area contributed by atoms with E-state index in [9.17, 15) is 0 Å². The Balaban J connectivity index is 0.000000131. The van der Waals surface area contributed by atoms with Crippen molar-refractivity contribution in [2.24, 2.45) is 0 Å². The fraction of sp³-hybridized carbons (Fsp3) is 0.364. The van der Waals surface area contributed by atoms with Crippen LogP contribution < -0.4 is 0 Å². The third-order valence-corrected chi connectivity index (χ3v) is 32.0. The molecule has 0 amide bonds. The molecule has 0 radical (unpaired) electrons. The van der Waals surface area contributed by atoms with Crippen LogP contribution in [0.2, 0.25) is 0 Å². The zero-order chi connectivity index (χ0) is 110. The summed E-state index contributed by atoms with van der Waals surface area (Å²) in [5, 5.41) is 18.3. The van der Waals surface area contributed by atoms with E-state index in [0.717, 1.165) is 77.2 Å². The van der Waals surface area contributed by atoms with Crippen LogP contribution in [0.15, 0.2) is 194 Å². The van der Waals surface area contributed by atoms with Gasteiger partial charge in [0.15, 0.2) is 0 Å². The van der Waals surface area contributed by atoms with Crippen molar-refractivity contribution in [1.29, 1.82) is 0 Å². The lowest BCUT2D eigenvalue weighted by Gasteiger charge is -2.26. The number of pyridine rings is 7. The lowest BCUT2D eigenvalue weighted by Crippen LogP contribution is -2.14. The van der Waals surface area contributed by atoms with E-state index >= 15 is 0 Å². The summed E-state index contributed by atoms with van der Waals surface area (Å²) in [6, 6.07) is 70.7. The monoisotopic (exact) mass is 1980 g/mol. The van der Waals surface area contributed by atoms with Crippen molar-refractivity contribution in [3.05, 3.63) is 367 Å². The van der Waals surface area contributed by atoms with Gasteiger partial charge in [-0.3, -0.25) is 0 Å². The number of rotatable bonds is 0. The third-order valence-electron chi connectivity index (χ3n) is 32.0. The quantitative estimate of drug-likeness (QED) is 0.140. The largest absolute Gasteiger partial charge is 0.247 e. The summed E-state index contributed by atoms with van der Waals surface area (Å²) in [6.07, 6.45) is 0. The molecule has 0 aliphatic rings. The van der Waals surface area contributed by atoms with E-state index in [1.165, 1.54) is 248 Å². The normalized spacial score (nSPS) is 12.3. The second kappa shape index (κ2) is 41.2. The Morgan fingerprint density at radius 1 is 0.133 bits per heavy atom. The molecule has 774 valence electrons. The number of nitrogens with zero attached hydrogens (tertiary/aromatic N) is 7. The van der Waals surface area contributed by atoms with E-state index < -0.39 is 0 Å². The average Bonchev–Trinajstić information content (AvgIpc) is 0.757. The number of benzene rings is 14. The van der Waals surface area contributed by atoms with Gasteiger partial charge in [-0.2, -0.15) is 0 Å². The van der Waals surface area contributed by atoms with Crippen LogP contribution in [0.4, 0.5) is 0 Å². The summed E-state index contributed by atoms with van der Waals surface area (Å²) in [7, 11) is 0. The van der Waals surface area contributed by atoms with Gasteiger partial charge in [0.1, 0.15) is 0 Å². The molecule has 0 atom stereocenters. The molecule has 7 heterocycles. The molecule has 21 aromatic rings. The smallest absolute Gasteiger partial charge is 0.0744 e.